The average molecular weight is 565 g/mol. The molecule has 0 bridgehead atoms. The summed E-state index contributed by atoms with van der Waals surface area (Å²) in [6.45, 7) is 0. The van der Waals surface area contributed by atoms with Gasteiger partial charge in [-0.1, -0.05) is 48.5 Å². The monoisotopic (exact) mass is 564 g/mol. The molecule has 0 atom stereocenters. The van der Waals surface area contributed by atoms with Crippen molar-refractivity contribution < 1.29 is 0 Å². The fourth-order valence-electron chi connectivity index (χ4n) is 6.73. The molecule has 0 aliphatic carbocycles. The summed E-state index contributed by atoms with van der Waals surface area (Å²) in [5.74, 6) is 0. The lowest BCUT2D eigenvalue weighted by Crippen LogP contribution is -1.97. The Labute approximate surface area is 250 Å². The summed E-state index contributed by atoms with van der Waals surface area (Å²) in [7, 11) is 0. The van der Waals surface area contributed by atoms with E-state index in [2.05, 4.69) is 112 Å². The molecule has 0 aliphatic rings. The number of aromatic nitrogens is 2. The summed E-state index contributed by atoms with van der Waals surface area (Å²) >= 11 is 1.75. The van der Waals surface area contributed by atoms with Crippen molar-refractivity contribution in [2.75, 3.05) is 0 Å². The van der Waals surface area contributed by atoms with Crippen LogP contribution in [0.1, 0.15) is 11.1 Å². The van der Waals surface area contributed by atoms with Gasteiger partial charge >= 0.3 is 0 Å². The van der Waals surface area contributed by atoms with Crippen LogP contribution in [-0.4, -0.2) is 9.13 Å². The van der Waals surface area contributed by atoms with Crippen LogP contribution in [0.3, 0.4) is 0 Å². The highest BCUT2D eigenvalue weighted by molar-refractivity contribution is 7.25. The normalized spacial score (nSPS) is 11.7. The van der Waals surface area contributed by atoms with Crippen LogP contribution in [0.4, 0.5) is 0 Å². The van der Waals surface area contributed by atoms with Crippen LogP contribution in [0, 0.1) is 22.7 Å². The SMILES string of the molecule is N#Cc1ccc2sc3ccc(-n4c5ccccc5c5cc(-n6c7ccccc7c7cccc(C#N)c76)ccc54)cc3c2c1. The van der Waals surface area contributed by atoms with Gasteiger partial charge in [0, 0.05) is 53.1 Å². The first-order valence-electron chi connectivity index (χ1n) is 14.1. The quantitative estimate of drug-likeness (QED) is 0.210. The second-order valence-corrected chi connectivity index (χ2v) is 11.9. The van der Waals surface area contributed by atoms with E-state index in [-0.39, 0.29) is 0 Å². The van der Waals surface area contributed by atoms with Crippen molar-refractivity contribution in [1.82, 2.24) is 9.13 Å². The zero-order valence-corrected chi connectivity index (χ0v) is 23.6. The van der Waals surface area contributed by atoms with E-state index in [0.717, 1.165) is 60.4 Å². The minimum Gasteiger partial charge on any atom is -0.309 e. The minimum atomic E-state index is 0.659. The van der Waals surface area contributed by atoms with Gasteiger partial charge in [0.25, 0.3) is 0 Å². The van der Waals surface area contributed by atoms with E-state index in [4.69, 9.17) is 0 Å². The molecule has 198 valence electrons. The number of thiophene rings is 1. The van der Waals surface area contributed by atoms with Gasteiger partial charge in [0.2, 0.25) is 0 Å². The van der Waals surface area contributed by atoms with Gasteiger partial charge in [-0.15, -0.1) is 11.3 Å². The van der Waals surface area contributed by atoms with Crippen LogP contribution in [0.25, 0.3) is 75.2 Å². The molecule has 0 saturated heterocycles. The molecule has 0 radical (unpaired) electrons. The number of hydrogen-bond acceptors (Lipinski definition) is 3. The Bertz CT molecular complexity index is 2710. The third kappa shape index (κ3) is 3.29. The maximum absolute atomic E-state index is 10.0. The topological polar surface area (TPSA) is 57.4 Å². The lowest BCUT2D eigenvalue weighted by Gasteiger charge is -2.11. The molecule has 9 aromatic rings. The number of rotatable bonds is 2. The predicted octanol–water partition coefficient (Wildman–Crippen LogP) is 9.99. The zero-order chi connectivity index (χ0) is 28.7. The Kier molecular flexibility index (Phi) is 4.87. The maximum Gasteiger partial charge on any atom is 0.101 e. The maximum atomic E-state index is 10.0. The van der Waals surface area contributed by atoms with Crippen molar-refractivity contribution in [2.45, 2.75) is 0 Å². The first-order valence-corrected chi connectivity index (χ1v) is 14.9. The largest absolute Gasteiger partial charge is 0.309 e. The molecule has 0 amide bonds. The van der Waals surface area contributed by atoms with Crippen LogP contribution in [0.2, 0.25) is 0 Å². The molecule has 0 unspecified atom stereocenters. The summed E-state index contributed by atoms with van der Waals surface area (Å²) in [4.78, 5) is 0. The molecule has 0 aliphatic heterocycles. The second-order valence-electron chi connectivity index (χ2n) is 10.8. The number of benzene rings is 6. The molecule has 3 aromatic heterocycles. The van der Waals surface area contributed by atoms with Crippen LogP contribution in [0.5, 0.6) is 0 Å². The Hall–Kier alpha value is -5.88. The van der Waals surface area contributed by atoms with Gasteiger partial charge in [-0.2, -0.15) is 10.5 Å². The van der Waals surface area contributed by atoms with Crippen molar-refractivity contribution in [3.8, 4) is 23.5 Å². The smallest absolute Gasteiger partial charge is 0.101 e. The molecular weight excluding hydrogens is 545 g/mol. The summed E-state index contributed by atoms with van der Waals surface area (Å²) in [5.41, 5.74) is 7.69. The Morgan fingerprint density at radius 2 is 1.07 bits per heavy atom. The lowest BCUT2D eigenvalue weighted by atomic mass is 10.1. The van der Waals surface area contributed by atoms with Crippen LogP contribution in [0.15, 0.2) is 121 Å². The van der Waals surface area contributed by atoms with Crippen molar-refractivity contribution >= 4 is 75.1 Å². The van der Waals surface area contributed by atoms with Gasteiger partial charge in [-0.3, -0.25) is 0 Å². The third-order valence-electron chi connectivity index (χ3n) is 8.57. The standard InChI is InChI=1S/C38H20N4S/c39-21-23-12-16-36-31(18-23)32-20-25(14-17-37(32)43-36)41-33-10-3-2-8-28(33)30-19-26(13-15-35(30)41)42-34-11-4-1-7-27(34)29-9-5-6-24(22-40)38(29)42/h1-20H. The van der Waals surface area contributed by atoms with Crippen LogP contribution in [-0.2, 0) is 0 Å². The first kappa shape index (κ1) is 23.8. The Morgan fingerprint density at radius 1 is 0.465 bits per heavy atom. The van der Waals surface area contributed by atoms with Gasteiger partial charge in [-0.05, 0) is 72.8 Å². The molecule has 0 N–H and O–H groups in total. The Morgan fingerprint density at radius 3 is 1.86 bits per heavy atom. The highest BCUT2D eigenvalue weighted by Gasteiger charge is 2.18. The molecule has 0 spiro atoms. The molecule has 9 rings (SSSR count). The molecule has 5 heteroatoms. The van der Waals surface area contributed by atoms with Gasteiger partial charge in [0.05, 0.1) is 39.3 Å². The van der Waals surface area contributed by atoms with Crippen LogP contribution >= 0.6 is 11.3 Å². The molecule has 3 heterocycles. The van der Waals surface area contributed by atoms with E-state index in [0.29, 0.717) is 11.1 Å². The second kappa shape index (κ2) is 8.81. The van der Waals surface area contributed by atoms with E-state index >= 15 is 0 Å². The summed E-state index contributed by atoms with van der Waals surface area (Å²) in [6, 6.07) is 46.7. The van der Waals surface area contributed by atoms with E-state index in [1.165, 1.54) is 14.8 Å². The van der Waals surface area contributed by atoms with Crippen LogP contribution < -0.4 is 0 Å². The number of hydrogen-bond donors (Lipinski definition) is 0. The average Bonchev–Trinajstić information content (AvgIpc) is 3.71. The summed E-state index contributed by atoms with van der Waals surface area (Å²) in [5, 5.41) is 26.4. The van der Waals surface area contributed by atoms with Gasteiger partial charge < -0.3 is 9.13 Å². The number of para-hydroxylation sites is 3. The van der Waals surface area contributed by atoms with Gasteiger partial charge in [0.15, 0.2) is 0 Å². The predicted molar refractivity (Wildman–Crippen MR) is 177 cm³/mol. The zero-order valence-electron chi connectivity index (χ0n) is 22.7. The first-order chi connectivity index (χ1) is 21.2. The summed E-state index contributed by atoms with van der Waals surface area (Å²) in [6.07, 6.45) is 0. The van der Waals surface area contributed by atoms with Crippen molar-refractivity contribution in [3.63, 3.8) is 0 Å². The molecule has 4 nitrogen and oxygen atoms in total. The van der Waals surface area contributed by atoms with Gasteiger partial charge in [-0.25, -0.2) is 0 Å². The number of nitriles is 2. The van der Waals surface area contributed by atoms with Crippen molar-refractivity contribution in [1.29, 1.82) is 10.5 Å². The number of fused-ring (bicyclic) bond motifs is 9. The van der Waals surface area contributed by atoms with Gasteiger partial charge in [0.1, 0.15) is 6.07 Å². The molecule has 0 saturated carbocycles. The fraction of sp³-hybridized carbons (Fsp3) is 0. The third-order valence-corrected chi connectivity index (χ3v) is 9.72. The van der Waals surface area contributed by atoms with E-state index < -0.39 is 0 Å². The molecule has 0 fully saturated rings. The highest BCUT2D eigenvalue weighted by atomic mass is 32.1. The number of nitrogens with zero attached hydrogens (tertiary/aromatic N) is 4. The minimum absolute atomic E-state index is 0.659. The van der Waals surface area contributed by atoms with E-state index in [1.807, 2.05) is 30.3 Å². The fourth-order valence-corrected chi connectivity index (χ4v) is 7.80. The van der Waals surface area contributed by atoms with E-state index in [9.17, 15) is 10.5 Å². The molecule has 43 heavy (non-hydrogen) atoms. The summed E-state index contributed by atoms with van der Waals surface area (Å²) < 4.78 is 6.95. The van der Waals surface area contributed by atoms with Crippen molar-refractivity contribution in [3.05, 3.63) is 132 Å². The lowest BCUT2D eigenvalue weighted by molar-refractivity contribution is 1.17. The highest BCUT2D eigenvalue weighted by Crippen LogP contribution is 2.40. The van der Waals surface area contributed by atoms with Crippen molar-refractivity contribution in [2.24, 2.45) is 0 Å². The molecular formula is C38H20N4S. The molecule has 6 aromatic carbocycles. The Balaban J connectivity index is 1.34. The van der Waals surface area contributed by atoms with E-state index in [1.54, 1.807) is 11.3 Å².